The topological polar surface area (TPSA) is 61.2 Å². The van der Waals surface area contributed by atoms with Crippen LogP contribution in [0.5, 0.6) is 0 Å². The lowest BCUT2D eigenvalue weighted by molar-refractivity contribution is -0.137. The van der Waals surface area contributed by atoms with Crippen LogP contribution in [0.15, 0.2) is 18.3 Å². The molecule has 0 aliphatic rings. The Bertz CT molecular complexity index is 704. The zero-order valence-electron chi connectivity index (χ0n) is 10.5. The number of carbonyl (C=O) groups excluding carboxylic acids is 2. The third-order valence-corrected chi connectivity index (χ3v) is 2.72. The highest BCUT2D eigenvalue weighted by Crippen LogP contribution is 2.33. The van der Waals surface area contributed by atoms with Crippen LogP contribution >= 0.6 is 0 Å². The summed E-state index contributed by atoms with van der Waals surface area (Å²) in [4.78, 5) is 22.9. The molecule has 0 fully saturated rings. The minimum Gasteiger partial charge on any atom is -0.465 e. The van der Waals surface area contributed by atoms with E-state index in [-0.39, 0.29) is 16.5 Å². The largest absolute Gasteiger partial charge is 0.465 e. The predicted molar refractivity (Wildman–Crippen MR) is 62.4 cm³/mol. The number of ether oxygens (including phenoxy) is 1. The minimum absolute atomic E-state index is 0.0901. The Morgan fingerprint density at radius 3 is 2.45 bits per heavy atom. The average Bonchev–Trinajstić information content (AvgIpc) is 2.79. The molecule has 106 valence electrons. The molecule has 0 spiro atoms. The molecule has 8 heteroatoms. The van der Waals surface area contributed by atoms with E-state index in [0.29, 0.717) is 6.07 Å². The second-order valence-corrected chi connectivity index (χ2v) is 4.02. The molecule has 1 aromatic heterocycles. The van der Waals surface area contributed by atoms with Crippen LogP contribution in [0.2, 0.25) is 0 Å². The second-order valence-electron chi connectivity index (χ2n) is 4.02. The molecule has 5 nitrogen and oxygen atoms in total. The maximum atomic E-state index is 12.8. The molecule has 0 saturated heterocycles. The third kappa shape index (κ3) is 2.24. The molecular weight excluding hydrogens is 277 g/mol. The van der Waals surface area contributed by atoms with Gasteiger partial charge >= 0.3 is 12.1 Å². The normalized spacial score (nSPS) is 11.7. The number of alkyl halides is 3. The minimum atomic E-state index is -4.65. The van der Waals surface area contributed by atoms with Gasteiger partial charge in [0.05, 0.1) is 30.0 Å². The van der Waals surface area contributed by atoms with Gasteiger partial charge < -0.3 is 4.74 Å². The fourth-order valence-corrected chi connectivity index (χ4v) is 1.82. The number of benzene rings is 1. The summed E-state index contributed by atoms with van der Waals surface area (Å²) in [5, 5.41) is 3.81. The molecule has 0 saturated carbocycles. The molecule has 2 aromatic rings. The van der Waals surface area contributed by atoms with E-state index in [1.54, 1.807) is 0 Å². The summed E-state index contributed by atoms with van der Waals surface area (Å²) >= 11 is 0. The van der Waals surface area contributed by atoms with Crippen molar-refractivity contribution in [1.82, 2.24) is 9.78 Å². The summed E-state index contributed by atoms with van der Waals surface area (Å²) in [7, 11) is 1.06. The van der Waals surface area contributed by atoms with Crippen molar-refractivity contribution in [2.75, 3.05) is 7.11 Å². The van der Waals surface area contributed by atoms with Gasteiger partial charge in [-0.3, -0.25) is 4.79 Å². The van der Waals surface area contributed by atoms with Gasteiger partial charge in [-0.15, -0.1) is 0 Å². The SMILES string of the molecule is COC(=O)c1cc(C(F)(F)F)cc2c1cnn2C(C)=O. The Hall–Kier alpha value is -2.38. The van der Waals surface area contributed by atoms with Crippen LogP contribution in [0.4, 0.5) is 13.2 Å². The van der Waals surface area contributed by atoms with Crippen molar-refractivity contribution in [2.24, 2.45) is 0 Å². The lowest BCUT2D eigenvalue weighted by Gasteiger charge is -2.10. The van der Waals surface area contributed by atoms with Crippen LogP contribution in [-0.4, -0.2) is 28.8 Å². The van der Waals surface area contributed by atoms with E-state index >= 15 is 0 Å². The summed E-state index contributed by atoms with van der Waals surface area (Å²) in [6.45, 7) is 1.16. The van der Waals surface area contributed by atoms with Gasteiger partial charge in [-0.25, -0.2) is 9.48 Å². The Morgan fingerprint density at radius 2 is 1.95 bits per heavy atom. The van der Waals surface area contributed by atoms with E-state index in [1.165, 1.54) is 0 Å². The smallest absolute Gasteiger partial charge is 0.416 e. The molecule has 0 unspecified atom stereocenters. The molecule has 2 rings (SSSR count). The lowest BCUT2D eigenvalue weighted by atomic mass is 10.1. The van der Waals surface area contributed by atoms with Crippen LogP contribution < -0.4 is 0 Å². The highest BCUT2D eigenvalue weighted by atomic mass is 19.4. The molecule has 1 aromatic carbocycles. The fourth-order valence-electron chi connectivity index (χ4n) is 1.82. The van der Waals surface area contributed by atoms with Crippen molar-refractivity contribution in [3.63, 3.8) is 0 Å². The Morgan fingerprint density at radius 1 is 1.30 bits per heavy atom. The number of halogens is 3. The van der Waals surface area contributed by atoms with Crippen molar-refractivity contribution in [3.05, 3.63) is 29.5 Å². The zero-order valence-corrected chi connectivity index (χ0v) is 10.5. The van der Waals surface area contributed by atoms with Gasteiger partial charge in [0.15, 0.2) is 0 Å². The summed E-state index contributed by atoms with van der Waals surface area (Å²) in [6, 6.07) is 1.45. The Balaban J connectivity index is 2.84. The number of hydrogen-bond donors (Lipinski definition) is 0. The maximum absolute atomic E-state index is 12.8. The van der Waals surface area contributed by atoms with Gasteiger partial charge in [-0.2, -0.15) is 18.3 Å². The van der Waals surface area contributed by atoms with Crippen LogP contribution in [0.25, 0.3) is 10.9 Å². The summed E-state index contributed by atoms with van der Waals surface area (Å²) in [6.07, 6.45) is -3.49. The molecule has 0 aliphatic carbocycles. The van der Waals surface area contributed by atoms with Gasteiger partial charge in [0.1, 0.15) is 0 Å². The molecule has 0 aliphatic heterocycles. The first-order chi connectivity index (χ1) is 9.25. The molecule has 0 amide bonds. The number of aromatic nitrogens is 2. The van der Waals surface area contributed by atoms with E-state index in [2.05, 4.69) is 9.84 Å². The standard InChI is InChI=1S/C12H9F3N2O3/c1-6(18)17-10-4-7(12(13,14)15)3-8(11(19)20-2)9(10)5-16-17/h3-5H,1-2H3. The molecule has 0 bridgehead atoms. The van der Waals surface area contributed by atoms with Gasteiger partial charge in [0.2, 0.25) is 5.91 Å². The Labute approximate surface area is 110 Å². The highest BCUT2D eigenvalue weighted by Gasteiger charge is 2.33. The number of methoxy groups -OCH3 is 1. The zero-order chi connectivity index (χ0) is 15.1. The molecule has 20 heavy (non-hydrogen) atoms. The predicted octanol–water partition coefficient (Wildman–Crippen LogP) is 2.50. The van der Waals surface area contributed by atoms with Crippen LogP contribution in [0, 0.1) is 0 Å². The molecule has 0 radical (unpaired) electrons. The summed E-state index contributed by atoms with van der Waals surface area (Å²) < 4.78 is 43.8. The number of carbonyl (C=O) groups is 2. The first kappa shape index (κ1) is 14.0. The van der Waals surface area contributed by atoms with Crippen molar-refractivity contribution >= 4 is 22.8 Å². The Kier molecular flexibility index (Phi) is 3.24. The average molecular weight is 286 g/mol. The van der Waals surface area contributed by atoms with Crippen molar-refractivity contribution in [2.45, 2.75) is 13.1 Å². The third-order valence-electron chi connectivity index (χ3n) is 2.72. The maximum Gasteiger partial charge on any atom is 0.416 e. The number of esters is 1. The van der Waals surface area contributed by atoms with Crippen LogP contribution in [0.1, 0.15) is 27.6 Å². The van der Waals surface area contributed by atoms with E-state index in [1.807, 2.05) is 0 Å². The van der Waals surface area contributed by atoms with Crippen LogP contribution in [-0.2, 0) is 10.9 Å². The lowest BCUT2D eigenvalue weighted by Crippen LogP contribution is -2.11. The van der Waals surface area contributed by atoms with E-state index in [9.17, 15) is 22.8 Å². The monoisotopic (exact) mass is 286 g/mol. The summed E-state index contributed by atoms with van der Waals surface area (Å²) in [5.74, 6) is -1.49. The number of rotatable bonds is 1. The van der Waals surface area contributed by atoms with Crippen molar-refractivity contribution < 1.29 is 27.5 Å². The van der Waals surface area contributed by atoms with Gasteiger partial charge in [-0.1, -0.05) is 0 Å². The molecule has 1 heterocycles. The van der Waals surface area contributed by atoms with Gasteiger partial charge in [-0.05, 0) is 12.1 Å². The van der Waals surface area contributed by atoms with Gasteiger partial charge in [0.25, 0.3) is 0 Å². The number of hydrogen-bond acceptors (Lipinski definition) is 4. The second kappa shape index (κ2) is 4.62. The fraction of sp³-hybridized carbons (Fsp3) is 0.250. The van der Waals surface area contributed by atoms with Gasteiger partial charge in [0, 0.05) is 12.3 Å². The van der Waals surface area contributed by atoms with E-state index < -0.39 is 23.6 Å². The first-order valence-electron chi connectivity index (χ1n) is 5.44. The molecular formula is C12H9F3N2O3. The van der Waals surface area contributed by atoms with Crippen molar-refractivity contribution in [1.29, 1.82) is 0 Å². The summed E-state index contributed by atoms with van der Waals surface area (Å²) in [5.41, 5.74) is -1.43. The number of nitrogens with zero attached hydrogens (tertiary/aromatic N) is 2. The molecule has 0 N–H and O–H groups in total. The van der Waals surface area contributed by atoms with Crippen molar-refractivity contribution in [3.8, 4) is 0 Å². The highest BCUT2D eigenvalue weighted by molar-refractivity contribution is 6.05. The number of fused-ring (bicyclic) bond motifs is 1. The molecule has 0 atom stereocenters. The first-order valence-corrected chi connectivity index (χ1v) is 5.44. The quantitative estimate of drug-likeness (QED) is 0.756. The van der Waals surface area contributed by atoms with E-state index in [4.69, 9.17) is 0 Å². The van der Waals surface area contributed by atoms with E-state index in [0.717, 1.165) is 31.0 Å². The van der Waals surface area contributed by atoms with Crippen LogP contribution in [0.3, 0.4) is 0 Å².